The number of methoxy groups -OCH3 is 1. The van der Waals surface area contributed by atoms with Gasteiger partial charge in [0.2, 0.25) is 0 Å². The lowest BCUT2D eigenvalue weighted by Crippen LogP contribution is -2.22. The fraction of sp³-hybridized carbons (Fsp3) is 0.353. The van der Waals surface area contributed by atoms with Crippen molar-refractivity contribution < 1.29 is 4.74 Å². The Labute approximate surface area is 126 Å². The van der Waals surface area contributed by atoms with Crippen LogP contribution in [0, 0.1) is 0 Å². The van der Waals surface area contributed by atoms with Gasteiger partial charge in [0.15, 0.2) is 0 Å². The quantitative estimate of drug-likeness (QED) is 0.849. The van der Waals surface area contributed by atoms with Gasteiger partial charge in [-0.25, -0.2) is 0 Å². The van der Waals surface area contributed by atoms with Crippen molar-refractivity contribution in [3.8, 4) is 5.75 Å². The van der Waals surface area contributed by atoms with Gasteiger partial charge in [-0.1, -0.05) is 13.0 Å². The first-order valence-corrected chi connectivity index (χ1v) is 7.24. The molecule has 0 bridgehead atoms. The van der Waals surface area contributed by atoms with Crippen LogP contribution >= 0.6 is 0 Å². The van der Waals surface area contributed by atoms with Gasteiger partial charge < -0.3 is 10.5 Å². The Bertz CT molecular complexity index is 557. The minimum atomic E-state index is 0.494. The van der Waals surface area contributed by atoms with Gasteiger partial charge in [-0.3, -0.25) is 9.88 Å². The molecule has 2 N–H and O–H groups in total. The molecular weight excluding hydrogens is 262 g/mol. The third-order valence-electron chi connectivity index (χ3n) is 3.57. The highest BCUT2D eigenvalue weighted by atomic mass is 16.5. The number of aromatic nitrogens is 1. The average Bonchev–Trinajstić information content (AvgIpc) is 2.55. The number of nitrogens with zero attached hydrogens (tertiary/aromatic N) is 2. The largest absolute Gasteiger partial charge is 0.496 e. The van der Waals surface area contributed by atoms with Crippen molar-refractivity contribution >= 4 is 0 Å². The molecule has 4 heteroatoms. The summed E-state index contributed by atoms with van der Waals surface area (Å²) in [7, 11) is 1.68. The predicted molar refractivity (Wildman–Crippen MR) is 84.9 cm³/mol. The van der Waals surface area contributed by atoms with Crippen molar-refractivity contribution in [2.45, 2.75) is 26.6 Å². The summed E-state index contributed by atoms with van der Waals surface area (Å²) in [6.07, 6.45) is 3.67. The molecule has 0 saturated heterocycles. The van der Waals surface area contributed by atoms with E-state index in [1.165, 1.54) is 11.1 Å². The molecule has 0 amide bonds. The maximum absolute atomic E-state index is 5.78. The Balaban J connectivity index is 2.08. The van der Waals surface area contributed by atoms with Gasteiger partial charge in [-0.05, 0) is 41.9 Å². The number of ether oxygens (including phenoxy) is 1. The van der Waals surface area contributed by atoms with E-state index in [2.05, 4.69) is 41.1 Å². The van der Waals surface area contributed by atoms with Gasteiger partial charge in [-0.15, -0.1) is 0 Å². The maximum Gasteiger partial charge on any atom is 0.123 e. The number of rotatable bonds is 7. The van der Waals surface area contributed by atoms with Crippen molar-refractivity contribution in [2.75, 3.05) is 13.7 Å². The SMILES string of the molecule is CCN(Cc1ccncc1)Cc1ccc(OC)c(CN)c1. The molecule has 112 valence electrons. The molecule has 4 nitrogen and oxygen atoms in total. The molecule has 0 unspecified atom stereocenters. The normalized spacial score (nSPS) is 10.9. The molecule has 21 heavy (non-hydrogen) atoms. The van der Waals surface area contributed by atoms with Gasteiger partial charge in [0.05, 0.1) is 7.11 Å². The van der Waals surface area contributed by atoms with Crippen LogP contribution in [0.15, 0.2) is 42.7 Å². The van der Waals surface area contributed by atoms with E-state index in [0.29, 0.717) is 6.54 Å². The zero-order valence-corrected chi connectivity index (χ0v) is 12.7. The molecule has 0 saturated carbocycles. The Morgan fingerprint density at radius 1 is 1.10 bits per heavy atom. The molecule has 0 fully saturated rings. The summed E-state index contributed by atoms with van der Waals surface area (Å²) in [6.45, 7) is 5.48. The van der Waals surface area contributed by atoms with Crippen LogP contribution < -0.4 is 10.5 Å². The van der Waals surface area contributed by atoms with Crippen LogP contribution in [0.2, 0.25) is 0 Å². The fourth-order valence-corrected chi connectivity index (χ4v) is 2.37. The third kappa shape index (κ3) is 4.28. The van der Waals surface area contributed by atoms with Crippen molar-refractivity contribution in [1.29, 1.82) is 0 Å². The number of pyridine rings is 1. The van der Waals surface area contributed by atoms with E-state index in [0.717, 1.165) is 30.9 Å². The summed E-state index contributed by atoms with van der Waals surface area (Å²) in [5, 5.41) is 0. The van der Waals surface area contributed by atoms with Crippen LogP contribution in [0.4, 0.5) is 0 Å². The minimum Gasteiger partial charge on any atom is -0.496 e. The van der Waals surface area contributed by atoms with Gasteiger partial charge in [0.1, 0.15) is 5.75 Å². The van der Waals surface area contributed by atoms with Crippen LogP contribution in [0.5, 0.6) is 5.75 Å². The number of benzene rings is 1. The highest BCUT2D eigenvalue weighted by Crippen LogP contribution is 2.20. The second-order valence-electron chi connectivity index (χ2n) is 5.01. The Hall–Kier alpha value is -1.91. The monoisotopic (exact) mass is 285 g/mol. The first kappa shape index (κ1) is 15.5. The summed E-state index contributed by atoms with van der Waals surface area (Å²) >= 11 is 0. The number of hydrogen-bond donors (Lipinski definition) is 1. The van der Waals surface area contributed by atoms with Crippen molar-refractivity contribution in [1.82, 2.24) is 9.88 Å². The summed E-state index contributed by atoms with van der Waals surface area (Å²) in [4.78, 5) is 6.44. The van der Waals surface area contributed by atoms with E-state index in [9.17, 15) is 0 Å². The zero-order valence-electron chi connectivity index (χ0n) is 12.7. The second-order valence-corrected chi connectivity index (χ2v) is 5.01. The van der Waals surface area contributed by atoms with Gasteiger partial charge in [0, 0.05) is 37.6 Å². The molecule has 1 aromatic heterocycles. The fourth-order valence-electron chi connectivity index (χ4n) is 2.37. The molecule has 1 aromatic carbocycles. The molecule has 0 radical (unpaired) electrons. The van der Waals surface area contributed by atoms with Crippen LogP contribution in [-0.4, -0.2) is 23.5 Å². The van der Waals surface area contributed by atoms with E-state index >= 15 is 0 Å². The van der Waals surface area contributed by atoms with Crippen molar-refractivity contribution in [3.63, 3.8) is 0 Å². The molecule has 2 aromatic rings. The average molecular weight is 285 g/mol. The lowest BCUT2D eigenvalue weighted by molar-refractivity contribution is 0.271. The van der Waals surface area contributed by atoms with E-state index in [-0.39, 0.29) is 0 Å². The Kier molecular flexibility index (Phi) is 5.72. The van der Waals surface area contributed by atoms with Crippen LogP contribution in [0.25, 0.3) is 0 Å². The lowest BCUT2D eigenvalue weighted by Gasteiger charge is -2.21. The lowest BCUT2D eigenvalue weighted by atomic mass is 10.1. The van der Waals surface area contributed by atoms with E-state index in [1.54, 1.807) is 7.11 Å². The van der Waals surface area contributed by atoms with Gasteiger partial charge in [-0.2, -0.15) is 0 Å². The maximum atomic E-state index is 5.78. The summed E-state index contributed by atoms with van der Waals surface area (Å²) in [5.74, 6) is 0.860. The molecule has 0 aliphatic rings. The highest BCUT2D eigenvalue weighted by molar-refractivity contribution is 5.37. The second kappa shape index (κ2) is 7.76. The first-order valence-electron chi connectivity index (χ1n) is 7.24. The van der Waals surface area contributed by atoms with Crippen molar-refractivity contribution in [3.05, 3.63) is 59.4 Å². The molecule has 1 heterocycles. The van der Waals surface area contributed by atoms with Crippen LogP contribution in [-0.2, 0) is 19.6 Å². The van der Waals surface area contributed by atoms with Gasteiger partial charge in [0.25, 0.3) is 0 Å². The minimum absolute atomic E-state index is 0.494. The highest BCUT2D eigenvalue weighted by Gasteiger charge is 2.08. The molecular formula is C17H23N3O. The van der Waals surface area contributed by atoms with E-state index in [4.69, 9.17) is 10.5 Å². The van der Waals surface area contributed by atoms with Crippen LogP contribution in [0.1, 0.15) is 23.6 Å². The topological polar surface area (TPSA) is 51.4 Å². The zero-order chi connectivity index (χ0) is 15.1. The molecule has 0 aliphatic carbocycles. The van der Waals surface area contributed by atoms with Crippen molar-refractivity contribution in [2.24, 2.45) is 5.73 Å². The number of nitrogens with two attached hydrogens (primary N) is 1. The third-order valence-corrected chi connectivity index (χ3v) is 3.57. The molecule has 0 spiro atoms. The summed E-state index contributed by atoms with van der Waals surface area (Å²) < 4.78 is 5.32. The Morgan fingerprint density at radius 2 is 1.81 bits per heavy atom. The number of hydrogen-bond acceptors (Lipinski definition) is 4. The first-order chi connectivity index (χ1) is 10.3. The molecule has 0 aliphatic heterocycles. The molecule has 0 atom stereocenters. The smallest absolute Gasteiger partial charge is 0.123 e. The molecule has 2 rings (SSSR count). The standard InChI is InChI=1S/C17H23N3O/c1-3-20(12-14-6-8-19-9-7-14)13-15-4-5-17(21-2)16(10-15)11-18/h4-10H,3,11-13,18H2,1-2H3. The Morgan fingerprint density at radius 3 is 2.43 bits per heavy atom. The summed E-state index contributed by atoms with van der Waals surface area (Å²) in [6, 6.07) is 10.4. The predicted octanol–water partition coefficient (Wildman–Crippen LogP) is 2.57. The van der Waals surface area contributed by atoms with Gasteiger partial charge >= 0.3 is 0 Å². The van der Waals surface area contributed by atoms with E-state index < -0.39 is 0 Å². The van der Waals surface area contributed by atoms with E-state index in [1.807, 2.05) is 18.5 Å². The van der Waals surface area contributed by atoms with Crippen LogP contribution in [0.3, 0.4) is 0 Å². The summed E-state index contributed by atoms with van der Waals surface area (Å²) in [5.41, 5.74) is 9.37.